The molecule has 26 heavy (non-hydrogen) atoms. The molecule has 2 unspecified atom stereocenters. The summed E-state index contributed by atoms with van der Waals surface area (Å²) in [6.07, 6.45) is 7.19. The van der Waals surface area contributed by atoms with Crippen molar-refractivity contribution >= 4 is 0 Å². The van der Waals surface area contributed by atoms with Gasteiger partial charge in [-0.2, -0.15) is 0 Å². The maximum absolute atomic E-state index is 6.13. The Morgan fingerprint density at radius 3 is 2.69 bits per heavy atom. The van der Waals surface area contributed by atoms with E-state index in [0.717, 1.165) is 48.0 Å². The predicted octanol–water partition coefficient (Wildman–Crippen LogP) is 3.26. The fourth-order valence-electron chi connectivity index (χ4n) is 3.11. The van der Waals surface area contributed by atoms with Crippen molar-refractivity contribution in [3.8, 4) is 11.5 Å². The number of nitrogens with one attached hydrogen (secondary N) is 1. The van der Waals surface area contributed by atoms with Crippen LogP contribution in [0.15, 0.2) is 41.9 Å². The molecule has 0 spiro atoms. The van der Waals surface area contributed by atoms with Crippen LogP contribution in [0.5, 0.6) is 11.5 Å². The predicted molar refractivity (Wildman–Crippen MR) is 104 cm³/mol. The van der Waals surface area contributed by atoms with Gasteiger partial charge in [0.05, 0.1) is 19.5 Å². The summed E-state index contributed by atoms with van der Waals surface area (Å²) in [4.78, 5) is 0. The monoisotopic (exact) mass is 357 g/mol. The van der Waals surface area contributed by atoms with E-state index < -0.39 is 0 Å². The smallest absolute Gasteiger partial charge is 0.127 e. The van der Waals surface area contributed by atoms with E-state index in [1.54, 1.807) is 13.3 Å². The first-order chi connectivity index (χ1) is 12.4. The molecule has 3 rings (SSSR count). The zero-order chi connectivity index (χ0) is 18.7. The maximum atomic E-state index is 6.13. The molecule has 142 valence electrons. The van der Waals surface area contributed by atoms with Crippen LogP contribution in [0.4, 0.5) is 0 Å². The van der Waals surface area contributed by atoms with Gasteiger partial charge in [-0.15, -0.1) is 0 Å². The van der Waals surface area contributed by atoms with Crippen molar-refractivity contribution in [3.63, 3.8) is 0 Å². The molecule has 0 saturated heterocycles. The lowest BCUT2D eigenvalue weighted by atomic mass is 9.99. The van der Waals surface area contributed by atoms with Crippen LogP contribution >= 0.6 is 0 Å². The van der Waals surface area contributed by atoms with E-state index in [9.17, 15) is 0 Å². The number of allylic oxidation sites excluding steroid dienone is 2. The van der Waals surface area contributed by atoms with Crippen molar-refractivity contribution in [2.24, 2.45) is 28.7 Å². The van der Waals surface area contributed by atoms with E-state index in [4.69, 9.17) is 20.9 Å². The van der Waals surface area contributed by atoms with Crippen LogP contribution in [-0.4, -0.2) is 13.7 Å². The van der Waals surface area contributed by atoms with Gasteiger partial charge in [0.2, 0.25) is 0 Å². The van der Waals surface area contributed by atoms with E-state index in [1.807, 2.05) is 24.3 Å². The molecular formula is C21H31N3O2. The standard InChI is InChI=1S/C21H31N3O2/c1-14-8-16(14)13-26-18-5-4-15(19(10-18)25-3)12-24-20(23)9-17(11-22)21(2)6-7-21/h4-5,9-11,14,16,24H,6-8,12-13,22-23H2,1-3H3. The lowest BCUT2D eigenvalue weighted by molar-refractivity contribution is 0.291. The minimum absolute atomic E-state index is 0.191. The first-order valence-electron chi connectivity index (χ1n) is 9.38. The summed E-state index contributed by atoms with van der Waals surface area (Å²) in [6.45, 7) is 5.83. The minimum atomic E-state index is 0.191. The van der Waals surface area contributed by atoms with Gasteiger partial charge in [0, 0.05) is 18.2 Å². The first-order valence-corrected chi connectivity index (χ1v) is 9.38. The summed E-state index contributed by atoms with van der Waals surface area (Å²) in [6, 6.07) is 5.95. The molecule has 5 heteroatoms. The third-order valence-electron chi connectivity index (χ3n) is 5.67. The molecule has 0 aliphatic heterocycles. The molecule has 1 aromatic rings. The molecule has 2 aliphatic rings. The van der Waals surface area contributed by atoms with Crippen molar-refractivity contribution < 1.29 is 9.47 Å². The van der Waals surface area contributed by atoms with Gasteiger partial charge in [-0.1, -0.05) is 13.8 Å². The summed E-state index contributed by atoms with van der Waals surface area (Å²) in [7, 11) is 1.67. The Labute approximate surface area is 156 Å². The highest BCUT2D eigenvalue weighted by Gasteiger charge is 2.40. The Bertz CT molecular complexity index is 707. The Hall–Kier alpha value is -2.30. The van der Waals surface area contributed by atoms with Gasteiger partial charge in [0.1, 0.15) is 11.5 Å². The maximum Gasteiger partial charge on any atom is 0.127 e. The molecular weight excluding hydrogens is 326 g/mol. The number of nitrogens with two attached hydrogens (primary N) is 2. The topological polar surface area (TPSA) is 82.5 Å². The zero-order valence-electron chi connectivity index (χ0n) is 16.0. The molecule has 2 fully saturated rings. The summed E-state index contributed by atoms with van der Waals surface area (Å²) < 4.78 is 11.4. The van der Waals surface area contributed by atoms with Crippen molar-refractivity contribution in [2.75, 3.05) is 13.7 Å². The average Bonchev–Trinajstić information content (AvgIpc) is 3.55. The second-order valence-electron chi connectivity index (χ2n) is 7.89. The van der Waals surface area contributed by atoms with Crippen molar-refractivity contribution in [1.82, 2.24) is 5.32 Å². The third-order valence-corrected chi connectivity index (χ3v) is 5.67. The van der Waals surface area contributed by atoms with Crippen LogP contribution in [-0.2, 0) is 6.54 Å². The van der Waals surface area contributed by atoms with E-state index in [-0.39, 0.29) is 5.41 Å². The minimum Gasteiger partial charge on any atom is -0.496 e. The molecule has 0 aromatic heterocycles. The molecule has 0 heterocycles. The summed E-state index contributed by atoms with van der Waals surface area (Å²) in [5.41, 5.74) is 14.2. The molecule has 0 radical (unpaired) electrons. The number of rotatable bonds is 9. The van der Waals surface area contributed by atoms with Gasteiger partial charge in [0.15, 0.2) is 0 Å². The highest BCUT2D eigenvalue weighted by molar-refractivity contribution is 5.41. The van der Waals surface area contributed by atoms with Gasteiger partial charge in [-0.05, 0) is 66.5 Å². The Morgan fingerprint density at radius 2 is 2.12 bits per heavy atom. The second-order valence-corrected chi connectivity index (χ2v) is 7.89. The fraction of sp³-hybridized carbons (Fsp3) is 0.524. The lowest BCUT2D eigenvalue weighted by Crippen LogP contribution is -2.21. The summed E-state index contributed by atoms with van der Waals surface area (Å²) in [5.74, 6) is 3.75. The first kappa shape index (κ1) is 18.5. The molecule has 2 aliphatic carbocycles. The van der Waals surface area contributed by atoms with Crippen LogP contribution in [0.3, 0.4) is 0 Å². The Kier molecular flexibility index (Phi) is 5.35. The van der Waals surface area contributed by atoms with Crippen molar-refractivity contribution in [3.05, 3.63) is 47.4 Å². The number of ether oxygens (including phenoxy) is 2. The molecule has 2 atom stereocenters. The highest BCUT2D eigenvalue weighted by atomic mass is 16.5. The normalized spacial score (nSPS) is 24.1. The lowest BCUT2D eigenvalue weighted by Gasteiger charge is -2.14. The SMILES string of the molecule is COc1cc(OCC2CC2C)ccc1CNC(N)=CC(=CN)C1(C)CC1. The summed E-state index contributed by atoms with van der Waals surface area (Å²) in [5, 5.41) is 3.25. The van der Waals surface area contributed by atoms with Gasteiger partial charge in [-0.25, -0.2) is 0 Å². The molecule has 5 nitrogen and oxygen atoms in total. The Morgan fingerprint density at radius 1 is 1.38 bits per heavy atom. The number of hydrogen-bond acceptors (Lipinski definition) is 5. The van der Waals surface area contributed by atoms with Crippen LogP contribution < -0.4 is 26.3 Å². The highest BCUT2D eigenvalue weighted by Crippen LogP contribution is 2.51. The van der Waals surface area contributed by atoms with Crippen LogP contribution in [0, 0.1) is 17.3 Å². The van der Waals surface area contributed by atoms with Crippen molar-refractivity contribution in [1.29, 1.82) is 0 Å². The number of hydrogen-bond donors (Lipinski definition) is 3. The number of methoxy groups -OCH3 is 1. The zero-order valence-corrected chi connectivity index (χ0v) is 16.0. The summed E-state index contributed by atoms with van der Waals surface area (Å²) >= 11 is 0. The second kappa shape index (κ2) is 7.52. The average molecular weight is 357 g/mol. The van der Waals surface area contributed by atoms with E-state index in [2.05, 4.69) is 19.2 Å². The fourth-order valence-corrected chi connectivity index (χ4v) is 3.11. The molecule has 2 saturated carbocycles. The van der Waals surface area contributed by atoms with Gasteiger partial charge in [0.25, 0.3) is 0 Å². The Balaban J connectivity index is 1.58. The molecule has 1 aromatic carbocycles. The van der Waals surface area contributed by atoms with Gasteiger partial charge in [-0.3, -0.25) is 0 Å². The van der Waals surface area contributed by atoms with Crippen molar-refractivity contribution in [2.45, 2.75) is 39.7 Å². The third kappa shape index (κ3) is 4.45. The molecule has 0 amide bonds. The quantitative estimate of drug-likeness (QED) is 0.591. The molecule has 5 N–H and O–H groups in total. The van der Waals surface area contributed by atoms with Crippen LogP contribution in [0.25, 0.3) is 0 Å². The van der Waals surface area contributed by atoms with Gasteiger partial charge >= 0.3 is 0 Å². The van der Waals surface area contributed by atoms with Gasteiger partial charge < -0.3 is 26.3 Å². The van der Waals surface area contributed by atoms with E-state index in [0.29, 0.717) is 18.3 Å². The van der Waals surface area contributed by atoms with Crippen LogP contribution in [0.1, 0.15) is 38.7 Å². The largest absolute Gasteiger partial charge is 0.496 e. The number of benzene rings is 1. The van der Waals surface area contributed by atoms with Crippen LogP contribution in [0.2, 0.25) is 0 Å². The van der Waals surface area contributed by atoms with E-state index in [1.165, 1.54) is 6.42 Å². The van der Waals surface area contributed by atoms with E-state index >= 15 is 0 Å². The molecule has 0 bridgehead atoms.